The van der Waals surface area contributed by atoms with E-state index in [-0.39, 0.29) is 0 Å². The molecule has 0 radical (unpaired) electrons. The summed E-state index contributed by atoms with van der Waals surface area (Å²) in [6, 6.07) is 9.56. The van der Waals surface area contributed by atoms with Crippen molar-refractivity contribution in [1.29, 1.82) is 0 Å². The number of nitrogens with zero attached hydrogens (tertiary/aromatic N) is 1. The third-order valence-electron chi connectivity index (χ3n) is 3.76. The van der Waals surface area contributed by atoms with E-state index in [0.717, 1.165) is 12.5 Å². The van der Waals surface area contributed by atoms with Gasteiger partial charge in [0, 0.05) is 12.6 Å². The van der Waals surface area contributed by atoms with Crippen molar-refractivity contribution in [2.45, 2.75) is 46.1 Å². The molecule has 2 heteroatoms. The lowest BCUT2D eigenvalue weighted by atomic mass is 9.99. The number of likely N-dealkylation sites (N-methyl/N-ethyl adjacent to an activating group) is 2. The highest BCUT2D eigenvalue weighted by Crippen LogP contribution is 2.16. The molecule has 0 saturated heterocycles. The Hall–Kier alpha value is -0.860. The number of hydrogen-bond acceptors (Lipinski definition) is 2. The molecule has 1 N–H and O–H groups in total. The molecule has 0 amide bonds. The monoisotopic (exact) mass is 276 g/mol. The van der Waals surface area contributed by atoms with Gasteiger partial charge in [-0.15, -0.1) is 0 Å². The Morgan fingerprint density at radius 1 is 1.15 bits per heavy atom. The van der Waals surface area contributed by atoms with Crippen molar-refractivity contribution in [3.63, 3.8) is 0 Å². The van der Waals surface area contributed by atoms with Gasteiger partial charge in [0.25, 0.3) is 0 Å². The van der Waals surface area contributed by atoms with Crippen LogP contribution in [0.3, 0.4) is 0 Å². The Labute approximate surface area is 125 Å². The van der Waals surface area contributed by atoms with Crippen LogP contribution in [0.4, 0.5) is 0 Å². The van der Waals surface area contributed by atoms with E-state index in [2.05, 4.69) is 69.3 Å². The predicted octanol–water partition coefficient (Wildman–Crippen LogP) is 3.88. The normalized spacial score (nSPS) is 13.2. The van der Waals surface area contributed by atoms with Crippen molar-refractivity contribution < 1.29 is 0 Å². The van der Waals surface area contributed by atoms with Gasteiger partial charge < -0.3 is 10.2 Å². The van der Waals surface area contributed by atoms with Crippen molar-refractivity contribution >= 4 is 0 Å². The zero-order valence-corrected chi connectivity index (χ0v) is 13.9. The molecule has 0 fully saturated rings. The Morgan fingerprint density at radius 3 is 2.30 bits per heavy atom. The Kier molecular flexibility index (Phi) is 7.86. The molecule has 1 aromatic carbocycles. The van der Waals surface area contributed by atoms with Crippen LogP contribution in [0.2, 0.25) is 0 Å². The minimum atomic E-state index is 0.421. The fourth-order valence-corrected chi connectivity index (χ4v) is 2.55. The van der Waals surface area contributed by atoms with E-state index >= 15 is 0 Å². The van der Waals surface area contributed by atoms with Gasteiger partial charge in [-0.05, 0) is 50.5 Å². The maximum atomic E-state index is 3.44. The molecule has 0 aliphatic heterocycles. The summed E-state index contributed by atoms with van der Waals surface area (Å²) >= 11 is 0. The standard InChI is InChI=1S/C18H32N2/c1-6-7-12-20(5)14-18(19-4)17-10-8-16(9-11-17)13-15(2)3/h8-11,15,18-19H,6-7,12-14H2,1-5H3. The molecule has 1 unspecified atom stereocenters. The van der Waals surface area contributed by atoms with E-state index in [9.17, 15) is 0 Å². The van der Waals surface area contributed by atoms with Crippen LogP contribution < -0.4 is 5.32 Å². The fourth-order valence-electron chi connectivity index (χ4n) is 2.55. The van der Waals surface area contributed by atoms with Gasteiger partial charge in [-0.25, -0.2) is 0 Å². The van der Waals surface area contributed by atoms with Gasteiger partial charge in [0.1, 0.15) is 0 Å². The topological polar surface area (TPSA) is 15.3 Å². The van der Waals surface area contributed by atoms with Gasteiger partial charge in [0.15, 0.2) is 0 Å². The second kappa shape index (κ2) is 9.15. The molecule has 0 aliphatic carbocycles. The molecule has 0 spiro atoms. The van der Waals surface area contributed by atoms with Crippen molar-refractivity contribution in [3.8, 4) is 0 Å². The molecule has 0 aromatic heterocycles. The van der Waals surface area contributed by atoms with E-state index in [1.165, 1.54) is 36.9 Å². The SMILES string of the molecule is CCCCN(C)CC(NC)c1ccc(CC(C)C)cc1. The lowest BCUT2D eigenvalue weighted by molar-refractivity contribution is 0.292. The van der Waals surface area contributed by atoms with Crippen LogP contribution in [-0.2, 0) is 6.42 Å². The molecular weight excluding hydrogens is 244 g/mol. The van der Waals surface area contributed by atoms with Crippen LogP contribution in [0, 0.1) is 5.92 Å². The van der Waals surface area contributed by atoms with Gasteiger partial charge in [0.2, 0.25) is 0 Å². The van der Waals surface area contributed by atoms with E-state index in [1.807, 2.05) is 0 Å². The summed E-state index contributed by atoms with van der Waals surface area (Å²) in [6.45, 7) is 9.04. The summed E-state index contributed by atoms with van der Waals surface area (Å²) in [6.07, 6.45) is 3.71. The van der Waals surface area contributed by atoms with E-state index in [1.54, 1.807) is 0 Å². The number of benzene rings is 1. The van der Waals surface area contributed by atoms with Gasteiger partial charge in [-0.3, -0.25) is 0 Å². The summed E-state index contributed by atoms with van der Waals surface area (Å²) in [5.41, 5.74) is 2.83. The molecule has 114 valence electrons. The number of rotatable bonds is 9. The third-order valence-corrected chi connectivity index (χ3v) is 3.76. The average molecular weight is 276 g/mol. The molecule has 20 heavy (non-hydrogen) atoms. The average Bonchev–Trinajstić information content (AvgIpc) is 2.43. The van der Waals surface area contributed by atoms with Crippen molar-refractivity contribution in [3.05, 3.63) is 35.4 Å². The Balaban J connectivity index is 2.60. The maximum Gasteiger partial charge on any atom is 0.0446 e. The Bertz CT molecular complexity index is 356. The lowest BCUT2D eigenvalue weighted by Gasteiger charge is -2.24. The number of unbranched alkanes of at least 4 members (excludes halogenated alkanes) is 1. The minimum Gasteiger partial charge on any atom is -0.312 e. The molecule has 0 saturated carbocycles. The molecule has 1 atom stereocenters. The van der Waals surface area contributed by atoms with E-state index < -0.39 is 0 Å². The molecule has 0 aliphatic rings. The molecule has 0 bridgehead atoms. The number of nitrogens with one attached hydrogen (secondary N) is 1. The van der Waals surface area contributed by atoms with Crippen LogP contribution in [0.5, 0.6) is 0 Å². The first-order valence-electron chi connectivity index (χ1n) is 8.01. The van der Waals surface area contributed by atoms with Crippen molar-refractivity contribution in [2.24, 2.45) is 5.92 Å². The summed E-state index contributed by atoms with van der Waals surface area (Å²) < 4.78 is 0. The predicted molar refractivity (Wildman–Crippen MR) is 89.2 cm³/mol. The van der Waals surface area contributed by atoms with Crippen LogP contribution in [0.25, 0.3) is 0 Å². The van der Waals surface area contributed by atoms with Gasteiger partial charge in [-0.2, -0.15) is 0 Å². The first-order valence-corrected chi connectivity index (χ1v) is 8.01. The highest BCUT2D eigenvalue weighted by atomic mass is 15.1. The maximum absolute atomic E-state index is 3.44. The molecule has 2 nitrogen and oxygen atoms in total. The van der Waals surface area contributed by atoms with E-state index in [0.29, 0.717) is 6.04 Å². The van der Waals surface area contributed by atoms with Gasteiger partial charge >= 0.3 is 0 Å². The summed E-state index contributed by atoms with van der Waals surface area (Å²) in [5.74, 6) is 0.723. The highest BCUT2D eigenvalue weighted by molar-refractivity contribution is 5.25. The first kappa shape index (κ1) is 17.2. The Morgan fingerprint density at radius 2 is 1.80 bits per heavy atom. The second-order valence-corrected chi connectivity index (χ2v) is 6.30. The number of hydrogen-bond donors (Lipinski definition) is 1. The van der Waals surface area contributed by atoms with Crippen LogP contribution >= 0.6 is 0 Å². The largest absolute Gasteiger partial charge is 0.312 e. The van der Waals surface area contributed by atoms with Gasteiger partial charge in [0.05, 0.1) is 0 Å². The molecule has 1 rings (SSSR count). The van der Waals surface area contributed by atoms with Crippen molar-refractivity contribution in [2.75, 3.05) is 27.2 Å². The smallest absolute Gasteiger partial charge is 0.0446 e. The van der Waals surface area contributed by atoms with Crippen LogP contribution in [-0.4, -0.2) is 32.1 Å². The summed E-state index contributed by atoms with van der Waals surface area (Å²) in [5, 5.41) is 3.44. The zero-order chi connectivity index (χ0) is 15.0. The van der Waals surface area contributed by atoms with E-state index in [4.69, 9.17) is 0 Å². The lowest BCUT2D eigenvalue weighted by Crippen LogP contribution is -2.31. The zero-order valence-electron chi connectivity index (χ0n) is 13.9. The molecular formula is C18H32N2. The van der Waals surface area contributed by atoms with Crippen molar-refractivity contribution in [1.82, 2.24) is 10.2 Å². The van der Waals surface area contributed by atoms with Gasteiger partial charge in [-0.1, -0.05) is 51.5 Å². The molecule has 1 aromatic rings. The second-order valence-electron chi connectivity index (χ2n) is 6.30. The summed E-state index contributed by atoms with van der Waals surface area (Å²) in [7, 11) is 4.27. The van der Waals surface area contributed by atoms with Crippen LogP contribution in [0.1, 0.15) is 50.8 Å². The summed E-state index contributed by atoms with van der Waals surface area (Å²) in [4.78, 5) is 2.42. The quantitative estimate of drug-likeness (QED) is 0.736. The fraction of sp³-hybridized carbons (Fsp3) is 0.667. The minimum absolute atomic E-state index is 0.421. The third kappa shape index (κ3) is 6.06. The first-order chi connectivity index (χ1) is 9.56. The molecule has 0 heterocycles. The van der Waals surface area contributed by atoms with Crippen LogP contribution in [0.15, 0.2) is 24.3 Å². The highest BCUT2D eigenvalue weighted by Gasteiger charge is 2.11.